The second-order valence-corrected chi connectivity index (χ2v) is 4.21. The Bertz CT molecular complexity index is 305. The lowest BCUT2D eigenvalue weighted by Crippen LogP contribution is -2.04. The molecule has 0 aliphatic rings. The Hall–Kier alpha value is -0.290. The third kappa shape index (κ3) is 3.52. The van der Waals surface area contributed by atoms with Crippen molar-refractivity contribution >= 4 is 40.2 Å². The molecule has 0 heterocycles. The maximum atomic E-state index is 10.9. The van der Waals surface area contributed by atoms with Crippen LogP contribution < -0.4 is 0 Å². The standard InChI is InChI=1S/C9H8ClIO2/c1-13-9(12)4-6-2-7(10)5-8(11)3-6/h2-3,5H,4H2,1H3. The average molecular weight is 311 g/mol. The van der Waals surface area contributed by atoms with Crippen LogP contribution in [0.1, 0.15) is 5.56 Å². The quantitative estimate of drug-likeness (QED) is 0.620. The van der Waals surface area contributed by atoms with E-state index in [0.29, 0.717) is 5.02 Å². The number of carbonyl (C=O) groups excluding carboxylic acids is 1. The van der Waals surface area contributed by atoms with Crippen molar-refractivity contribution in [2.75, 3.05) is 7.11 Å². The number of hydrogen-bond donors (Lipinski definition) is 0. The lowest BCUT2D eigenvalue weighted by atomic mass is 10.1. The Morgan fingerprint density at radius 1 is 1.54 bits per heavy atom. The van der Waals surface area contributed by atoms with Crippen LogP contribution in [-0.4, -0.2) is 13.1 Å². The minimum atomic E-state index is -0.252. The fourth-order valence-corrected chi connectivity index (χ4v) is 2.13. The second kappa shape index (κ2) is 4.81. The zero-order valence-corrected chi connectivity index (χ0v) is 9.93. The number of ether oxygens (including phenoxy) is 1. The van der Waals surface area contributed by atoms with Gasteiger partial charge in [0.25, 0.3) is 0 Å². The predicted octanol–water partition coefficient (Wildman–Crippen LogP) is 2.66. The molecular formula is C9H8ClIO2. The topological polar surface area (TPSA) is 26.3 Å². The van der Waals surface area contributed by atoms with E-state index in [2.05, 4.69) is 27.3 Å². The summed E-state index contributed by atoms with van der Waals surface area (Å²) in [4.78, 5) is 10.9. The zero-order valence-electron chi connectivity index (χ0n) is 7.01. The van der Waals surface area contributed by atoms with Crippen LogP contribution in [-0.2, 0) is 16.0 Å². The molecule has 1 rings (SSSR count). The molecule has 4 heteroatoms. The predicted molar refractivity (Wildman–Crippen MR) is 59.9 cm³/mol. The van der Waals surface area contributed by atoms with Gasteiger partial charge in [0.2, 0.25) is 0 Å². The first-order valence-electron chi connectivity index (χ1n) is 3.63. The van der Waals surface area contributed by atoms with Crippen molar-refractivity contribution < 1.29 is 9.53 Å². The summed E-state index contributed by atoms with van der Waals surface area (Å²) < 4.78 is 5.57. The summed E-state index contributed by atoms with van der Waals surface area (Å²) in [5, 5.41) is 0.644. The second-order valence-electron chi connectivity index (χ2n) is 2.53. The van der Waals surface area contributed by atoms with Gasteiger partial charge in [0.05, 0.1) is 13.5 Å². The lowest BCUT2D eigenvalue weighted by Gasteiger charge is -2.01. The molecule has 0 atom stereocenters. The fourth-order valence-electron chi connectivity index (χ4n) is 0.952. The van der Waals surface area contributed by atoms with Gasteiger partial charge < -0.3 is 4.74 Å². The molecular weight excluding hydrogens is 302 g/mol. The average Bonchev–Trinajstić information content (AvgIpc) is 2.02. The Morgan fingerprint density at radius 2 is 2.23 bits per heavy atom. The number of benzene rings is 1. The number of hydrogen-bond acceptors (Lipinski definition) is 2. The molecule has 13 heavy (non-hydrogen) atoms. The minimum Gasteiger partial charge on any atom is -0.469 e. The first kappa shape index (κ1) is 10.8. The maximum Gasteiger partial charge on any atom is 0.309 e. The van der Waals surface area contributed by atoms with E-state index in [1.54, 1.807) is 6.07 Å². The van der Waals surface area contributed by atoms with E-state index in [1.807, 2.05) is 12.1 Å². The van der Waals surface area contributed by atoms with Crippen molar-refractivity contribution in [3.63, 3.8) is 0 Å². The Kier molecular flexibility index (Phi) is 3.99. The van der Waals surface area contributed by atoms with Gasteiger partial charge in [-0.3, -0.25) is 4.79 Å². The SMILES string of the molecule is COC(=O)Cc1cc(Cl)cc(I)c1. The molecule has 0 spiro atoms. The largest absolute Gasteiger partial charge is 0.469 e. The molecule has 0 amide bonds. The van der Waals surface area contributed by atoms with E-state index in [-0.39, 0.29) is 12.4 Å². The Labute approximate surface area is 95.4 Å². The highest BCUT2D eigenvalue weighted by Gasteiger charge is 2.04. The summed E-state index contributed by atoms with van der Waals surface area (Å²) in [5.74, 6) is -0.252. The van der Waals surface area contributed by atoms with Gasteiger partial charge in [-0.2, -0.15) is 0 Å². The fraction of sp³-hybridized carbons (Fsp3) is 0.222. The maximum absolute atomic E-state index is 10.9. The van der Waals surface area contributed by atoms with E-state index >= 15 is 0 Å². The van der Waals surface area contributed by atoms with Crippen molar-refractivity contribution in [2.45, 2.75) is 6.42 Å². The normalized spacial score (nSPS) is 9.77. The number of esters is 1. The van der Waals surface area contributed by atoms with Crippen molar-refractivity contribution in [2.24, 2.45) is 0 Å². The molecule has 0 aliphatic carbocycles. The summed E-state index contributed by atoms with van der Waals surface area (Å²) in [7, 11) is 1.37. The van der Waals surface area contributed by atoms with Crippen LogP contribution >= 0.6 is 34.2 Å². The molecule has 0 saturated carbocycles. The van der Waals surface area contributed by atoms with Crippen molar-refractivity contribution in [3.8, 4) is 0 Å². The van der Waals surface area contributed by atoms with Crippen LogP contribution in [0.2, 0.25) is 5.02 Å². The van der Waals surface area contributed by atoms with Crippen LogP contribution in [0, 0.1) is 3.57 Å². The first-order valence-corrected chi connectivity index (χ1v) is 5.09. The molecule has 0 bridgehead atoms. The van der Waals surface area contributed by atoms with E-state index in [4.69, 9.17) is 11.6 Å². The summed E-state index contributed by atoms with van der Waals surface area (Å²) >= 11 is 7.97. The molecule has 0 aromatic heterocycles. The molecule has 70 valence electrons. The summed E-state index contributed by atoms with van der Waals surface area (Å²) in [6.07, 6.45) is 0.271. The minimum absolute atomic E-state index is 0.252. The van der Waals surface area contributed by atoms with Gasteiger partial charge in [0.1, 0.15) is 0 Å². The molecule has 0 radical (unpaired) electrons. The van der Waals surface area contributed by atoms with Gasteiger partial charge in [-0.1, -0.05) is 11.6 Å². The monoisotopic (exact) mass is 310 g/mol. The van der Waals surface area contributed by atoms with Gasteiger partial charge in [0.15, 0.2) is 0 Å². The number of halogens is 2. The van der Waals surface area contributed by atoms with Crippen molar-refractivity contribution in [3.05, 3.63) is 32.4 Å². The molecule has 0 fully saturated rings. The molecule has 2 nitrogen and oxygen atoms in total. The van der Waals surface area contributed by atoms with Gasteiger partial charge in [-0.15, -0.1) is 0 Å². The van der Waals surface area contributed by atoms with Crippen LogP contribution in [0.25, 0.3) is 0 Å². The van der Waals surface area contributed by atoms with E-state index in [0.717, 1.165) is 9.13 Å². The van der Waals surface area contributed by atoms with Crippen LogP contribution in [0.15, 0.2) is 18.2 Å². The van der Waals surface area contributed by atoms with Crippen LogP contribution in [0.4, 0.5) is 0 Å². The first-order chi connectivity index (χ1) is 6.11. The molecule has 1 aromatic rings. The summed E-state index contributed by atoms with van der Waals surface area (Å²) in [5.41, 5.74) is 0.878. The molecule has 0 aliphatic heterocycles. The molecule has 1 aromatic carbocycles. The smallest absolute Gasteiger partial charge is 0.309 e. The van der Waals surface area contributed by atoms with Crippen LogP contribution in [0.5, 0.6) is 0 Å². The van der Waals surface area contributed by atoms with Gasteiger partial charge in [-0.05, 0) is 46.4 Å². The van der Waals surface area contributed by atoms with Crippen molar-refractivity contribution in [1.82, 2.24) is 0 Å². The third-order valence-corrected chi connectivity index (χ3v) is 2.34. The Morgan fingerprint density at radius 3 is 2.77 bits per heavy atom. The number of methoxy groups -OCH3 is 1. The number of carbonyl (C=O) groups is 1. The Balaban J connectivity index is 2.83. The zero-order chi connectivity index (χ0) is 9.84. The van der Waals surface area contributed by atoms with E-state index in [1.165, 1.54) is 7.11 Å². The highest BCUT2D eigenvalue weighted by atomic mass is 127. The lowest BCUT2D eigenvalue weighted by molar-refractivity contribution is -0.139. The van der Waals surface area contributed by atoms with E-state index < -0.39 is 0 Å². The molecule has 0 unspecified atom stereocenters. The summed E-state index contributed by atoms with van der Waals surface area (Å²) in [6, 6.07) is 5.51. The summed E-state index contributed by atoms with van der Waals surface area (Å²) in [6.45, 7) is 0. The van der Waals surface area contributed by atoms with Gasteiger partial charge >= 0.3 is 5.97 Å². The molecule has 0 N–H and O–H groups in total. The highest BCUT2D eigenvalue weighted by Crippen LogP contribution is 2.17. The van der Waals surface area contributed by atoms with Gasteiger partial charge in [0, 0.05) is 8.59 Å². The third-order valence-electron chi connectivity index (χ3n) is 1.50. The number of rotatable bonds is 2. The van der Waals surface area contributed by atoms with Gasteiger partial charge in [-0.25, -0.2) is 0 Å². The highest BCUT2D eigenvalue weighted by molar-refractivity contribution is 14.1. The van der Waals surface area contributed by atoms with Crippen LogP contribution in [0.3, 0.4) is 0 Å². The van der Waals surface area contributed by atoms with Crippen molar-refractivity contribution in [1.29, 1.82) is 0 Å². The van der Waals surface area contributed by atoms with E-state index in [9.17, 15) is 4.79 Å². The molecule has 0 saturated heterocycles.